The summed E-state index contributed by atoms with van der Waals surface area (Å²) < 4.78 is 0. The first-order chi connectivity index (χ1) is 9.26. The van der Waals surface area contributed by atoms with Gasteiger partial charge in [0.2, 0.25) is 0 Å². The van der Waals surface area contributed by atoms with Gasteiger partial charge < -0.3 is 15.5 Å². The van der Waals surface area contributed by atoms with Gasteiger partial charge in [0.1, 0.15) is 5.82 Å². The van der Waals surface area contributed by atoms with Crippen molar-refractivity contribution < 1.29 is 4.79 Å². The maximum absolute atomic E-state index is 11.5. The van der Waals surface area contributed by atoms with Gasteiger partial charge in [0, 0.05) is 46.0 Å². The van der Waals surface area contributed by atoms with E-state index < -0.39 is 0 Å². The topological polar surface area (TPSA) is 60.5 Å². The predicted octanol–water partition coefficient (Wildman–Crippen LogP) is 0.333. The number of pyridine rings is 1. The van der Waals surface area contributed by atoms with Crippen LogP contribution in [0.15, 0.2) is 18.3 Å². The Labute approximate surface area is 112 Å². The molecule has 1 atom stereocenters. The third kappa shape index (κ3) is 2.49. The second-order valence-electron chi connectivity index (χ2n) is 5.07. The molecular formula is C13H19N5O. The van der Waals surface area contributed by atoms with E-state index in [2.05, 4.69) is 26.6 Å². The summed E-state index contributed by atoms with van der Waals surface area (Å²) in [6.07, 6.45) is 1.91. The normalized spacial score (nSPS) is 23.1. The van der Waals surface area contributed by atoms with E-state index in [1.807, 2.05) is 24.2 Å². The van der Waals surface area contributed by atoms with Crippen LogP contribution in [0.3, 0.4) is 0 Å². The Morgan fingerprint density at radius 3 is 3.11 bits per heavy atom. The second-order valence-corrected chi connectivity index (χ2v) is 5.07. The van der Waals surface area contributed by atoms with E-state index in [0.29, 0.717) is 6.04 Å². The van der Waals surface area contributed by atoms with E-state index in [1.165, 1.54) is 5.56 Å². The lowest BCUT2D eigenvalue weighted by Gasteiger charge is -2.36. The molecule has 2 N–H and O–H groups in total. The number of fused-ring (bicyclic) bond motifs is 1. The van der Waals surface area contributed by atoms with Gasteiger partial charge in [-0.2, -0.15) is 0 Å². The minimum atomic E-state index is 0.0877. The van der Waals surface area contributed by atoms with Crippen molar-refractivity contribution in [2.24, 2.45) is 0 Å². The van der Waals surface area contributed by atoms with Crippen LogP contribution >= 0.6 is 0 Å². The van der Waals surface area contributed by atoms with E-state index >= 15 is 0 Å². The Morgan fingerprint density at radius 2 is 2.37 bits per heavy atom. The highest BCUT2D eigenvalue weighted by atomic mass is 16.2. The number of urea groups is 1. The first kappa shape index (κ1) is 12.2. The fourth-order valence-electron chi connectivity index (χ4n) is 2.74. The molecule has 2 fully saturated rings. The number of hydrogen-bond donors (Lipinski definition) is 2. The quantitative estimate of drug-likeness (QED) is 0.823. The average molecular weight is 261 g/mol. The monoisotopic (exact) mass is 261 g/mol. The summed E-state index contributed by atoms with van der Waals surface area (Å²) in [5.41, 5.74) is 1.21. The van der Waals surface area contributed by atoms with E-state index in [4.69, 9.17) is 0 Å². The smallest absolute Gasteiger partial charge is 0.317 e. The minimum Gasteiger partial charge on any atom is -0.373 e. The molecule has 0 spiro atoms. The van der Waals surface area contributed by atoms with E-state index in [9.17, 15) is 4.79 Å². The number of nitrogens with zero attached hydrogens (tertiary/aromatic N) is 3. The van der Waals surface area contributed by atoms with E-state index in [0.717, 1.165) is 38.5 Å². The first-order valence-electron chi connectivity index (χ1n) is 6.66. The molecule has 0 aliphatic carbocycles. The van der Waals surface area contributed by atoms with Gasteiger partial charge in [0.25, 0.3) is 0 Å². The molecule has 0 bridgehead atoms. The van der Waals surface area contributed by atoms with Gasteiger partial charge in [0.15, 0.2) is 0 Å². The van der Waals surface area contributed by atoms with Crippen molar-refractivity contribution in [3.63, 3.8) is 0 Å². The van der Waals surface area contributed by atoms with Crippen LogP contribution < -0.4 is 10.6 Å². The molecule has 2 saturated heterocycles. The molecule has 0 saturated carbocycles. The zero-order valence-electron chi connectivity index (χ0n) is 11.1. The molecule has 2 amide bonds. The Hall–Kier alpha value is -1.82. The highest BCUT2D eigenvalue weighted by Gasteiger charge is 2.35. The lowest BCUT2D eigenvalue weighted by Crippen LogP contribution is -2.51. The summed E-state index contributed by atoms with van der Waals surface area (Å²) >= 11 is 0. The summed E-state index contributed by atoms with van der Waals surface area (Å²) in [5, 5.41) is 5.92. The van der Waals surface area contributed by atoms with Gasteiger partial charge in [-0.25, -0.2) is 9.78 Å². The SMILES string of the molecule is CNc1ccc(CN2CCN3C(=O)NCC3C2)cn1. The van der Waals surface area contributed by atoms with Gasteiger partial charge in [-0.15, -0.1) is 0 Å². The lowest BCUT2D eigenvalue weighted by atomic mass is 10.1. The summed E-state index contributed by atoms with van der Waals surface area (Å²) in [7, 11) is 1.87. The van der Waals surface area contributed by atoms with Gasteiger partial charge in [-0.3, -0.25) is 4.90 Å². The van der Waals surface area contributed by atoms with Crippen LogP contribution in [-0.2, 0) is 6.54 Å². The van der Waals surface area contributed by atoms with Crippen LogP contribution in [0.4, 0.5) is 10.6 Å². The van der Waals surface area contributed by atoms with Crippen LogP contribution in [0.5, 0.6) is 0 Å². The van der Waals surface area contributed by atoms with Crippen molar-refractivity contribution in [2.75, 3.05) is 38.5 Å². The second kappa shape index (κ2) is 5.05. The lowest BCUT2D eigenvalue weighted by molar-refractivity contribution is 0.116. The third-order valence-corrected chi connectivity index (χ3v) is 3.80. The molecular weight excluding hydrogens is 242 g/mol. The summed E-state index contributed by atoms with van der Waals surface area (Å²) in [4.78, 5) is 20.2. The summed E-state index contributed by atoms with van der Waals surface area (Å²) in [6, 6.07) is 4.51. The van der Waals surface area contributed by atoms with Gasteiger partial charge >= 0.3 is 6.03 Å². The molecule has 2 aliphatic heterocycles. The van der Waals surface area contributed by atoms with Crippen LogP contribution in [0.2, 0.25) is 0 Å². The molecule has 2 aliphatic rings. The number of carbonyl (C=O) groups excluding carboxylic acids is 1. The molecule has 1 aromatic rings. The molecule has 3 rings (SSSR count). The fourth-order valence-corrected chi connectivity index (χ4v) is 2.74. The highest BCUT2D eigenvalue weighted by molar-refractivity contribution is 5.77. The van der Waals surface area contributed by atoms with Crippen molar-refractivity contribution in [2.45, 2.75) is 12.6 Å². The number of aromatic nitrogens is 1. The molecule has 19 heavy (non-hydrogen) atoms. The first-order valence-corrected chi connectivity index (χ1v) is 6.66. The van der Waals surface area contributed by atoms with Gasteiger partial charge in [0.05, 0.1) is 6.04 Å². The van der Waals surface area contributed by atoms with Crippen LogP contribution in [-0.4, -0.2) is 60.1 Å². The molecule has 1 unspecified atom stereocenters. The molecule has 1 aromatic heterocycles. The number of nitrogens with one attached hydrogen (secondary N) is 2. The minimum absolute atomic E-state index is 0.0877. The van der Waals surface area contributed by atoms with Crippen molar-refractivity contribution in [1.82, 2.24) is 20.1 Å². The van der Waals surface area contributed by atoms with Crippen LogP contribution in [0.25, 0.3) is 0 Å². The third-order valence-electron chi connectivity index (χ3n) is 3.80. The molecule has 6 nitrogen and oxygen atoms in total. The highest BCUT2D eigenvalue weighted by Crippen LogP contribution is 2.16. The molecule has 0 radical (unpaired) electrons. The van der Waals surface area contributed by atoms with Gasteiger partial charge in [-0.05, 0) is 11.6 Å². The summed E-state index contributed by atoms with van der Waals surface area (Å²) in [5.74, 6) is 0.888. The van der Waals surface area contributed by atoms with Crippen LogP contribution in [0, 0.1) is 0 Å². The maximum atomic E-state index is 11.5. The summed E-state index contributed by atoms with van der Waals surface area (Å²) in [6.45, 7) is 4.35. The number of carbonyl (C=O) groups is 1. The molecule has 6 heteroatoms. The van der Waals surface area contributed by atoms with Crippen molar-refractivity contribution >= 4 is 11.8 Å². The molecule has 102 valence electrons. The van der Waals surface area contributed by atoms with E-state index in [-0.39, 0.29) is 6.03 Å². The largest absolute Gasteiger partial charge is 0.373 e. The molecule has 0 aromatic carbocycles. The Balaban J connectivity index is 1.60. The predicted molar refractivity (Wildman–Crippen MR) is 73.0 cm³/mol. The zero-order valence-corrected chi connectivity index (χ0v) is 11.1. The standard InChI is InChI=1S/C13H19N5O/c1-14-12-3-2-10(6-15-12)8-17-4-5-18-11(9-17)7-16-13(18)19/h2-3,6,11H,4-5,7-9H2,1H3,(H,14,15)(H,16,19). The average Bonchev–Trinajstić information content (AvgIpc) is 2.81. The number of rotatable bonds is 3. The fraction of sp³-hybridized carbons (Fsp3) is 0.538. The molecule has 3 heterocycles. The van der Waals surface area contributed by atoms with E-state index in [1.54, 1.807) is 0 Å². The zero-order chi connectivity index (χ0) is 13.2. The van der Waals surface area contributed by atoms with Crippen molar-refractivity contribution in [1.29, 1.82) is 0 Å². The Morgan fingerprint density at radius 1 is 1.47 bits per heavy atom. The number of hydrogen-bond acceptors (Lipinski definition) is 4. The van der Waals surface area contributed by atoms with Crippen LogP contribution in [0.1, 0.15) is 5.56 Å². The number of anilines is 1. The van der Waals surface area contributed by atoms with Crippen molar-refractivity contribution in [3.05, 3.63) is 23.9 Å². The Kier molecular flexibility index (Phi) is 3.25. The van der Waals surface area contributed by atoms with Crippen molar-refractivity contribution in [3.8, 4) is 0 Å². The number of piperazine rings is 1. The Bertz CT molecular complexity index is 461. The van der Waals surface area contributed by atoms with Gasteiger partial charge in [-0.1, -0.05) is 6.07 Å². The number of amides is 2. The maximum Gasteiger partial charge on any atom is 0.317 e.